The normalized spacial score (nSPS) is 56.4. The monoisotopic (exact) mass is 304 g/mol. The second-order valence-electron chi connectivity index (χ2n) is 9.86. The molecule has 0 aromatic rings. The van der Waals surface area contributed by atoms with Gasteiger partial charge in [-0.05, 0) is 78.9 Å². The topological polar surface area (TPSA) is 40.5 Å². The Labute approximate surface area is 135 Å². The molecule has 2 bridgehead atoms. The number of hydrogen-bond donors (Lipinski definition) is 2. The summed E-state index contributed by atoms with van der Waals surface area (Å²) >= 11 is 0. The zero-order valence-corrected chi connectivity index (χ0v) is 14.4. The van der Waals surface area contributed by atoms with E-state index < -0.39 is 0 Å². The van der Waals surface area contributed by atoms with Crippen LogP contribution in [-0.2, 0) is 0 Å². The van der Waals surface area contributed by atoms with Crippen LogP contribution in [0.25, 0.3) is 0 Å². The highest BCUT2D eigenvalue weighted by atomic mass is 16.3. The lowest BCUT2D eigenvalue weighted by molar-refractivity contribution is -0.223. The average molecular weight is 304 g/mol. The third-order valence-corrected chi connectivity index (χ3v) is 8.48. The quantitative estimate of drug-likeness (QED) is 0.666. The predicted molar refractivity (Wildman–Crippen MR) is 88.3 cm³/mol. The largest absolute Gasteiger partial charge is 0.393 e. The molecule has 7 atom stereocenters. The Morgan fingerprint density at radius 2 is 1.77 bits per heavy atom. The summed E-state index contributed by atoms with van der Waals surface area (Å²) < 4.78 is 0. The third-order valence-electron chi connectivity index (χ3n) is 8.48. The van der Waals surface area contributed by atoms with Gasteiger partial charge in [0.05, 0.1) is 12.2 Å². The minimum Gasteiger partial charge on any atom is -0.393 e. The molecule has 4 saturated carbocycles. The van der Waals surface area contributed by atoms with Gasteiger partial charge in [-0.1, -0.05) is 32.9 Å². The van der Waals surface area contributed by atoms with Crippen molar-refractivity contribution < 1.29 is 10.2 Å². The molecule has 0 aromatic heterocycles. The van der Waals surface area contributed by atoms with Crippen LogP contribution < -0.4 is 0 Å². The van der Waals surface area contributed by atoms with E-state index in [9.17, 15) is 10.2 Å². The molecule has 2 nitrogen and oxygen atoms in total. The minimum absolute atomic E-state index is 0.177. The van der Waals surface area contributed by atoms with Crippen molar-refractivity contribution in [2.45, 2.75) is 77.9 Å². The highest BCUT2D eigenvalue weighted by Gasteiger charge is 2.66. The summed E-state index contributed by atoms with van der Waals surface area (Å²) in [7, 11) is 0. The van der Waals surface area contributed by atoms with Crippen LogP contribution in [0.1, 0.15) is 65.7 Å². The standard InChI is InChI=1S/C20H32O2/c1-12-9-20-10-13(12)5-6-15(20)19(4)8-7-16(22)18(2,3)17(19)14(21)11-20/h13-17,21-22H,1,5-11H2,2-4H3. The fourth-order valence-electron chi connectivity index (χ4n) is 7.77. The van der Waals surface area contributed by atoms with Crippen LogP contribution in [0.3, 0.4) is 0 Å². The molecule has 0 aromatic carbocycles. The first-order valence-corrected chi connectivity index (χ1v) is 9.24. The SMILES string of the molecule is C=C1CC23CC1CCC2C1(C)CCC(O)C(C)(C)C1C(O)C3. The summed E-state index contributed by atoms with van der Waals surface area (Å²) in [6.45, 7) is 11.1. The first kappa shape index (κ1) is 15.2. The first-order chi connectivity index (χ1) is 10.2. The van der Waals surface area contributed by atoms with Gasteiger partial charge in [0, 0.05) is 0 Å². The third kappa shape index (κ3) is 1.69. The van der Waals surface area contributed by atoms with Gasteiger partial charge in [0.25, 0.3) is 0 Å². The molecule has 0 amide bonds. The fraction of sp³-hybridized carbons (Fsp3) is 0.900. The Morgan fingerprint density at radius 1 is 1.05 bits per heavy atom. The fourth-order valence-corrected chi connectivity index (χ4v) is 7.77. The van der Waals surface area contributed by atoms with Crippen LogP contribution in [-0.4, -0.2) is 22.4 Å². The molecule has 2 heteroatoms. The maximum Gasteiger partial charge on any atom is 0.0595 e. The minimum atomic E-state index is -0.274. The summed E-state index contributed by atoms with van der Waals surface area (Å²) in [5, 5.41) is 21.7. The zero-order chi connectivity index (χ0) is 15.9. The van der Waals surface area contributed by atoms with Gasteiger partial charge in [-0.2, -0.15) is 0 Å². The van der Waals surface area contributed by atoms with Gasteiger partial charge < -0.3 is 10.2 Å². The number of aliphatic hydroxyl groups excluding tert-OH is 2. The van der Waals surface area contributed by atoms with E-state index in [1.807, 2.05) is 0 Å². The van der Waals surface area contributed by atoms with E-state index in [2.05, 4.69) is 27.4 Å². The van der Waals surface area contributed by atoms with Crippen LogP contribution in [0.2, 0.25) is 0 Å². The van der Waals surface area contributed by atoms with Crippen LogP contribution >= 0.6 is 0 Å². The second-order valence-corrected chi connectivity index (χ2v) is 9.86. The smallest absolute Gasteiger partial charge is 0.0595 e. The van der Waals surface area contributed by atoms with Crippen molar-refractivity contribution >= 4 is 0 Å². The molecule has 4 fully saturated rings. The Bertz CT molecular complexity index is 510. The van der Waals surface area contributed by atoms with Crippen molar-refractivity contribution in [1.82, 2.24) is 0 Å². The van der Waals surface area contributed by atoms with Crippen LogP contribution in [0.4, 0.5) is 0 Å². The van der Waals surface area contributed by atoms with Gasteiger partial charge >= 0.3 is 0 Å². The molecule has 1 spiro atoms. The zero-order valence-electron chi connectivity index (χ0n) is 14.4. The van der Waals surface area contributed by atoms with E-state index >= 15 is 0 Å². The lowest BCUT2D eigenvalue weighted by Gasteiger charge is -2.66. The van der Waals surface area contributed by atoms with E-state index in [4.69, 9.17) is 0 Å². The molecule has 2 N–H and O–H groups in total. The van der Waals surface area contributed by atoms with Gasteiger partial charge in [0.15, 0.2) is 0 Å². The molecular formula is C20H32O2. The molecule has 124 valence electrons. The maximum absolute atomic E-state index is 11.1. The molecule has 0 aliphatic heterocycles. The van der Waals surface area contributed by atoms with Gasteiger partial charge in [0.1, 0.15) is 0 Å². The van der Waals surface area contributed by atoms with Gasteiger partial charge in [-0.25, -0.2) is 0 Å². The Hall–Kier alpha value is -0.340. The molecule has 4 aliphatic carbocycles. The van der Waals surface area contributed by atoms with E-state index in [0.29, 0.717) is 17.3 Å². The van der Waals surface area contributed by atoms with E-state index in [0.717, 1.165) is 25.7 Å². The molecule has 7 unspecified atom stereocenters. The highest BCUT2D eigenvalue weighted by molar-refractivity contribution is 5.23. The van der Waals surface area contributed by atoms with Crippen molar-refractivity contribution in [1.29, 1.82) is 0 Å². The number of rotatable bonds is 0. The summed E-state index contributed by atoms with van der Waals surface area (Å²) in [6.07, 6.45) is 7.36. The first-order valence-electron chi connectivity index (χ1n) is 9.24. The number of allylic oxidation sites excluding steroid dienone is 1. The van der Waals surface area contributed by atoms with Crippen molar-refractivity contribution in [3.8, 4) is 0 Å². The number of fused-ring (bicyclic) bond motifs is 3. The van der Waals surface area contributed by atoms with Crippen LogP contribution in [0.5, 0.6) is 0 Å². The van der Waals surface area contributed by atoms with Crippen molar-refractivity contribution in [2.24, 2.45) is 34.0 Å². The maximum atomic E-state index is 11.1. The van der Waals surface area contributed by atoms with Gasteiger partial charge in [-0.3, -0.25) is 0 Å². The molecule has 0 radical (unpaired) electrons. The summed E-state index contributed by atoms with van der Waals surface area (Å²) in [6, 6.07) is 0. The Morgan fingerprint density at radius 3 is 2.50 bits per heavy atom. The molecule has 4 aliphatic rings. The Balaban J connectivity index is 1.79. The number of hydrogen-bond acceptors (Lipinski definition) is 2. The van der Waals surface area contributed by atoms with Gasteiger partial charge in [0.2, 0.25) is 0 Å². The van der Waals surface area contributed by atoms with Crippen molar-refractivity contribution in [3.63, 3.8) is 0 Å². The molecule has 0 saturated heterocycles. The second kappa shape index (κ2) is 4.39. The molecule has 4 rings (SSSR count). The average Bonchev–Trinajstić information content (AvgIpc) is 2.64. The van der Waals surface area contributed by atoms with E-state index in [-0.39, 0.29) is 29.0 Å². The predicted octanol–water partition coefficient (Wildman–Crippen LogP) is 3.92. The molecule has 0 heterocycles. The van der Waals surface area contributed by atoms with Crippen molar-refractivity contribution in [2.75, 3.05) is 0 Å². The molecular weight excluding hydrogens is 272 g/mol. The van der Waals surface area contributed by atoms with E-state index in [1.54, 1.807) is 0 Å². The summed E-state index contributed by atoms with van der Waals surface area (Å²) in [5.74, 6) is 1.64. The Kier molecular flexibility index (Phi) is 3.03. The van der Waals surface area contributed by atoms with Crippen LogP contribution in [0.15, 0.2) is 12.2 Å². The van der Waals surface area contributed by atoms with E-state index in [1.165, 1.54) is 24.8 Å². The van der Waals surface area contributed by atoms with Gasteiger partial charge in [-0.15, -0.1) is 0 Å². The lowest BCUT2D eigenvalue weighted by Crippen LogP contribution is -2.64. The number of aliphatic hydroxyl groups is 2. The summed E-state index contributed by atoms with van der Waals surface area (Å²) in [5.41, 5.74) is 1.76. The lowest BCUT2D eigenvalue weighted by atomic mass is 9.40. The molecule has 22 heavy (non-hydrogen) atoms. The van der Waals surface area contributed by atoms with Crippen molar-refractivity contribution in [3.05, 3.63) is 12.2 Å². The van der Waals surface area contributed by atoms with Crippen LogP contribution in [0, 0.1) is 34.0 Å². The highest BCUT2D eigenvalue weighted by Crippen LogP contribution is 2.71. The summed E-state index contributed by atoms with van der Waals surface area (Å²) in [4.78, 5) is 0.